The van der Waals surface area contributed by atoms with Crippen LogP contribution in [0.25, 0.3) is 0 Å². The highest BCUT2D eigenvalue weighted by Gasteiger charge is 2.07. The van der Waals surface area contributed by atoms with Crippen molar-refractivity contribution in [3.63, 3.8) is 0 Å². The van der Waals surface area contributed by atoms with Crippen LogP contribution in [-0.2, 0) is 11.2 Å². The van der Waals surface area contributed by atoms with Gasteiger partial charge in [0, 0.05) is 18.0 Å². The topological polar surface area (TPSA) is 113 Å². The molecule has 0 aliphatic rings. The van der Waals surface area contributed by atoms with Crippen LogP contribution in [0.3, 0.4) is 0 Å². The SMILES string of the molecule is N=C(N)c1ccc(C[C@H](N)CCC(=O)O)cc1. The fraction of sp³-hybridized carbons (Fsp3) is 0.333. The molecule has 5 nitrogen and oxygen atoms in total. The standard InChI is InChI=1S/C12H17N3O2/c13-10(5-6-11(16)17)7-8-1-3-9(4-2-8)12(14)15/h1-4,10H,5-7,13H2,(H3,14,15)(H,16,17)/t10-/m1/s1. The van der Waals surface area contributed by atoms with Gasteiger partial charge in [-0.05, 0) is 18.4 Å². The third kappa shape index (κ3) is 4.65. The summed E-state index contributed by atoms with van der Waals surface area (Å²) >= 11 is 0. The Morgan fingerprint density at radius 2 is 1.94 bits per heavy atom. The van der Waals surface area contributed by atoms with Crippen LogP contribution in [-0.4, -0.2) is 23.0 Å². The number of hydrogen-bond acceptors (Lipinski definition) is 3. The number of aliphatic carboxylic acids is 1. The van der Waals surface area contributed by atoms with Crippen molar-refractivity contribution in [2.75, 3.05) is 0 Å². The van der Waals surface area contributed by atoms with Gasteiger partial charge in [-0.15, -0.1) is 0 Å². The maximum absolute atomic E-state index is 10.4. The fourth-order valence-corrected chi connectivity index (χ4v) is 1.53. The molecule has 0 bridgehead atoms. The molecule has 0 spiro atoms. The Morgan fingerprint density at radius 1 is 1.35 bits per heavy atom. The summed E-state index contributed by atoms with van der Waals surface area (Å²) in [4.78, 5) is 10.4. The molecule has 1 rings (SSSR count). The molecule has 0 unspecified atom stereocenters. The molecule has 0 radical (unpaired) electrons. The predicted octanol–water partition coefficient (Wildman–Crippen LogP) is 0.705. The van der Waals surface area contributed by atoms with E-state index in [1.54, 1.807) is 12.1 Å². The Kier molecular flexibility index (Phi) is 4.66. The van der Waals surface area contributed by atoms with E-state index in [0.29, 0.717) is 18.4 Å². The lowest BCUT2D eigenvalue weighted by atomic mass is 10.0. The summed E-state index contributed by atoms with van der Waals surface area (Å²) in [6.07, 6.45) is 1.18. The van der Waals surface area contributed by atoms with Crippen LogP contribution >= 0.6 is 0 Å². The van der Waals surface area contributed by atoms with E-state index in [1.807, 2.05) is 12.1 Å². The lowest BCUT2D eigenvalue weighted by molar-refractivity contribution is -0.137. The van der Waals surface area contributed by atoms with Gasteiger partial charge in [0.25, 0.3) is 0 Å². The molecule has 1 atom stereocenters. The summed E-state index contributed by atoms with van der Waals surface area (Å²) in [6, 6.07) is 7.09. The minimum absolute atomic E-state index is 0.0340. The van der Waals surface area contributed by atoms with E-state index >= 15 is 0 Å². The molecule has 0 saturated heterocycles. The number of hydrogen-bond donors (Lipinski definition) is 4. The van der Waals surface area contributed by atoms with Gasteiger partial charge < -0.3 is 16.6 Å². The van der Waals surface area contributed by atoms with E-state index in [2.05, 4.69) is 0 Å². The Labute approximate surface area is 99.9 Å². The van der Waals surface area contributed by atoms with Crippen LogP contribution in [0.5, 0.6) is 0 Å². The average Bonchev–Trinajstić information content (AvgIpc) is 2.27. The Morgan fingerprint density at radius 3 is 2.41 bits per heavy atom. The molecule has 0 saturated carbocycles. The normalized spacial score (nSPS) is 12.1. The van der Waals surface area contributed by atoms with Crippen molar-refractivity contribution >= 4 is 11.8 Å². The molecule has 0 aromatic heterocycles. The first-order valence-electron chi connectivity index (χ1n) is 5.39. The molecule has 92 valence electrons. The summed E-state index contributed by atoms with van der Waals surface area (Å²) in [5, 5.41) is 15.8. The summed E-state index contributed by atoms with van der Waals surface area (Å²) in [7, 11) is 0. The third-order valence-corrected chi connectivity index (χ3v) is 2.49. The molecular weight excluding hydrogens is 218 g/mol. The number of benzene rings is 1. The fourth-order valence-electron chi connectivity index (χ4n) is 1.53. The maximum atomic E-state index is 10.4. The zero-order valence-electron chi connectivity index (χ0n) is 9.52. The first kappa shape index (κ1) is 13.2. The Balaban J connectivity index is 2.51. The number of nitrogen functional groups attached to an aromatic ring is 1. The zero-order chi connectivity index (χ0) is 12.8. The molecule has 0 fully saturated rings. The van der Waals surface area contributed by atoms with E-state index in [9.17, 15) is 4.79 Å². The monoisotopic (exact) mass is 235 g/mol. The predicted molar refractivity (Wildman–Crippen MR) is 66.0 cm³/mol. The highest BCUT2D eigenvalue weighted by Crippen LogP contribution is 2.08. The summed E-state index contributed by atoms with van der Waals surface area (Å²) in [5.41, 5.74) is 12.9. The van der Waals surface area contributed by atoms with Crippen LogP contribution in [0, 0.1) is 5.41 Å². The van der Waals surface area contributed by atoms with Crippen LogP contribution in [0.1, 0.15) is 24.0 Å². The van der Waals surface area contributed by atoms with Crippen LogP contribution in [0.4, 0.5) is 0 Å². The summed E-state index contributed by atoms with van der Waals surface area (Å²) in [5.74, 6) is -0.792. The van der Waals surface area contributed by atoms with Gasteiger partial charge in [0.15, 0.2) is 0 Å². The van der Waals surface area contributed by atoms with Crippen molar-refractivity contribution < 1.29 is 9.90 Å². The second-order valence-electron chi connectivity index (χ2n) is 4.01. The highest BCUT2D eigenvalue weighted by atomic mass is 16.4. The van der Waals surface area contributed by atoms with Gasteiger partial charge in [-0.2, -0.15) is 0 Å². The van der Waals surface area contributed by atoms with Crippen molar-refractivity contribution in [2.24, 2.45) is 11.5 Å². The molecule has 1 aromatic rings. The number of carbonyl (C=O) groups is 1. The van der Waals surface area contributed by atoms with Crippen molar-refractivity contribution in [3.8, 4) is 0 Å². The third-order valence-electron chi connectivity index (χ3n) is 2.49. The van der Waals surface area contributed by atoms with Crippen molar-refractivity contribution in [2.45, 2.75) is 25.3 Å². The number of nitrogens with two attached hydrogens (primary N) is 2. The van der Waals surface area contributed by atoms with Crippen molar-refractivity contribution in [1.29, 1.82) is 5.41 Å². The molecule has 5 heteroatoms. The van der Waals surface area contributed by atoms with Crippen molar-refractivity contribution in [3.05, 3.63) is 35.4 Å². The van der Waals surface area contributed by atoms with Gasteiger partial charge >= 0.3 is 5.97 Å². The van der Waals surface area contributed by atoms with E-state index in [-0.39, 0.29) is 18.3 Å². The highest BCUT2D eigenvalue weighted by molar-refractivity contribution is 5.94. The minimum Gasteiger partial charge on any atom is -0.481 e. The molecule has 0 aliphatic heterocycles. The first-order valence-corrected chi connectivity index (χ1v) is 5.39. The lowest BCUT2D eigenvalue weighted by Crippen LogP contribution is -2.23. The maximum Gasteiger partial charge on any atom is 0.303 e. The van der Waals surface area contributed by atoms with Gasteiger partial charge in [-0.1, -0.05) is 24.3 Å². The molecule has 0 aliphatic carbocycles. The first-order chi connectivity index (χ1) is 7.99. The quantitative estimate of drug-likeness (QED) is 0.429. The Bertz CT molecular complexity index is 401. The molecule has 0 amide bonds. The van der Waals surface area contributed by atoms with E-state index in [4.69, 9.17) is 22.0 Å². The van der Waals surface area contributed by atoms with Gasteiger partial charge in [0.2, 0.25) is 0 Å². The van der Waals surface area contributed by atoms with Gasteiger partial charge in [-0.25, -0.2) is 0 Å². The summed E-state index contributed by atoms with van der Waals surface area (Å²) in [6.45, 7) is 0. The second kappa shape index (κ2) is 6.00. The lowest BCUT2D eigenvalue weighted by Gasteiger charge is -2.10. The van der Waals surface area contributed by atoms with Gasteiger partial charge in [0.05, 0.1) is 0 Å². The largest absolute Gasteiger partial charge is 0.481 e. The smallest absolute Gasteiger partial charge is 0.303 e. The van der Waals surface area contributed by atoms with E-state index < -0.39 is 5.97 Å². The summed E-state index contributed by atoms with van der Waals surface area (Å²) < 4.78 is 0. The van der Waals surface area contributed by atoms with Gasteiger partial charge in [0.1, 0.15) is 5.84 Å². The van der Waals surface area contributed by atoms with Crippen LogP contribution in [0.2, 0.25) is 0 Å². The molecular formula is C12H17N3O2. The van der Waals surface area contributed by atoms with Crippen LogP contribution in [0.15, 0.2) is 24.3 Å². The molecule has 6 N–H and O–H groups in total. The number of rotatable bonds is 6. The molecule has 1 aromatic carbocycles. The number of amidine groups is 1. The van der Waals surface area contributed by atoms with E-state index in [0.717, 1.165) is 5.56 Å². The average molecular weight is 235 g/mol. The minimum atomic E-state index is -0.827. The molecule has 0 heterocycles. The van der Waals surface area contributed by atoms with Gasteiger partial charge in [-0.3, -0.25) is 10.2 Å². The second-order valence-corrected chi connectivity index (χ2v) is 4.01. The zero-order valence-corrected chi connectivity index (χ0v) is 9.52. The Hall–Kier alpha value is -1.88. The van der Waals surface area contributed by atoms with Crippen molar-refractivity contribution in [1.82, 2.24) is 0 Å². The molecule has 17 heavy (non-hydrogen) atoms. The van der Waals surface area contributed by atoms with E-state index in [1.165, 1.54) is 0 Å². The number of nitrogens with one attached hydrogen (secondary N) is 1. The van der Waals surface area contributed by atoms with Crippen LogP contribution < -0.4 is 11.5 Å². The number of carboxylic acid groups (broad SMARTS) is 1. The number of carboxylic acids is 1.